The van der Waals surface area contributed by atoms with Crippen LogP contribution in [0, 0.1) is 11.8 Å². The first-order valence-corrected chi connectivity index (χ1v) is 8.91. The van der Waals surface area contributed by atoms with Crippen LogP contribution in [0.1, 0.15) is 51.9 Å². The largest absolute Gasteiger partial charge is 0.480 e. The summed E-state index contributed by atoms with van der Waals surface area (Å²) in [5.41, 5.74) is 0. The van der Waals surface area contributed by atoms with Gasteiger partial charge in [-0.2, -0.15) is 0 Å². The van der Waals surface area contributed by atoms with Crippen molar-refractivity contribution in [1.29, 1.82) is 0 Å². The fraction of sp³-hybridized carbons (Fsp3) is 0.941. The second kappa shape index (κ2) is 6.66. The van der Waals surface area contributed by atoms with E-state index in [9.17, 15) is 9.90 Å². The van der Waals surface area contributed by atoms with Gasteiger partial charge in [-0.3, -0.25) is 9.69 Å². The molecule has 0 aromatic carbocycles. The van der Waals surface area contributed by atoms with E-state index in [4.69, 9.17) is 0 Å². The number of hydrogen-bond acceptors (Lipinski definition) is 3. The van der Waals surface area contributed by atoms with Gasteiger partial charge >= 0.3 is 5.97 Å². The number of nitrogens with zero attached hydrogens (tertiary/aromatic N) is 2. The number of hydrogen-bond donors (Lipinski definition) is 1. The number of aliphatic carboxylic acids is 1. The highest BCUT2D eigenvalue weighted by molar-refractivity contribution is 5.74. The molecule has 120 valence electrons. The zero-order chi connectivity index (χ0) is 14.8. The summed E-state index contributed by atoms with van der Waals surface area (Å²) in [6, 6.07) is 0.304. The zero-order valence-electron chi connectivity index (χ0n) is 13.3. The van der Waals surface area contributed by atoms with E-state index in [0.29, 0.717) is 17.9 Å². The molecule has 0 amide bonds. The molecule has 4 atom stereocenters. The topological polar surface area (TPSA) is 43.8 Å². The average molecular weight is 294 g/mol. The van der Waals surface area contributed by atoms with E-state index in [-0.39, 0.29) is 6.04 Å². The third kappa shape index (κ3) is 3.11. The Balaban J connectivity index is 1.66. The minimum absolute atomic E-state index is 0.194. The van der Waals surface area contributed by atoms with Crippen molar-refractivity contribution in [1.82, 2.24) is 9.80 Å². The smallest absolute Gasteiger partial charge is 0.321 e. The van der Waals surface area contributed by atoms with E-state index >= 15 is 0 Å². The number of carboxylic acid groups (broad SMARTS) is 1. The summed E-state index contributed by atoms with van der Waals surface area (Å²) in [5, 5.41) is 9.72. The van der Waals surface area contributed by atoms with Crippen LogP contribution in [0.4, 0.5) is 0 Å². The van der Waals surface area contributed by atoms with E-state index < -0.39 is 5.97 Å². The van der Waals surface area contributed by atoms with Crippen molar-refractivity contribution in [2.24, 2.45) is 11.8 Å². The maximum atomic E-state index is 11.8. The average Bonchev–Trinajstić information content (AvgIpc) is 2.94. The molecule has 0 aromatic rings. The van der Waals surface area contributed by atoms with Crippen LogP contribution >= 0.6 is 0 Å². The van der Waals surface area contributed by atoms with Crippen LogP contribution in [0.2, 0.25) is 0 Å². The number of carboxylic acids is 1. The van der Waals surface area contributed by atoms with Gasteiger partial charge in [0, 0.05) is 12.6 Å². The van der Waals surface area contributed by atoms with Crippen LogP contribution in [-0.4, -0.2) is 59.1 Å². The monoisotopic (exact) mass is 294 g/mol. The molecule has 0 bridgehead atoms. The molecule has 2 heterocycles. The molecule has 21 heavy (non-hydrogen) atoms. The first kappa shape index (κ1) is 15.3. The second-order valence-corrected chi connectivity index (χ2v) is 7.26. The van der Waals surface area contributed by atoms with Crippen molar-refractivity contribution in [2.75, 3.05) is 26.2 Å². The Bertz CT molecular complexity index is 374. The van der Waals surface area contributed by atoms with Gasteiger partial charge in [0.05, 0.1) is 0 Å². The third-order valence-electron chi connectivity index (χ3n) is 5.98. The summed E-state index contributed by atoms with van der Waals surface area (Å²) in [6.45, 7) is 6.82. The number of likely N-dealkylation sites (tertiary alicyclic amines) is 2. The molecule has 4 unspecified atom stereocenters. The van der Waals surface area contributed by atoms with Gasteiger partial charge in [0.25, 0.3) is 0 Å². The molecule has 2 aliphatic heterocycles. The highest BCUT2D eigenvalue weighted by atomic mass is 16.4. The van der Waals surface area contributed by atoms with Crippen LogP contribution in [0.3, 0.4) is 0 Å². The molecule has 0 radical (unpaired) electrons. The van der Waals surface area contributed by atoms with Gasteiger partial charge in [0.1, 0.15) is 6.04 Å². The predicted octanol–water partition coefficient (Wildman–Crippen LogP) is 2.44. The van der Waals surface area contributed by atoms with E-state index in [0.717, 1.165) is 25.9 Å². The molecule has 4 nitrogen and oxygen atoms in total. The normalized spacial score (nSPS) is 38.3. The predicted molar refractivity (Wildman–Crippen MR) is 83.3 cm³/mol. The Labute approximate surface area is 128 Å². The summed E-state index contributed by atoms with van der Waals surface area (Å²) >= 11 is 0. The van der Waals surface area contributed by atoms with Gasteiger partial charge in [-0.15, -0.1) is 0 Å². The van der Waals surface area contributed by atoms with Crippen molar-refractivity contribution in [3.05, 3.63) is 0 Å². The lowest BCUT2D eigenvalue weighted by molar-refractivity contribution is -0.144. The van der Waals surface area contributed by atoms with Crippen LogP contribution in [-0.2, 0) is 4.79 Å². The van der Waals surface area contributed by atoms with Gasteiger partial charge in [-0.05, 0) is 70.0 Å². The van der Waals surface area contributed by atoms with Gasteiger partial charge < -0.3 is 10.0 Å². The number of fused-ring (bicyclic) bond motifs is 1. The van der Waals surface area contributed by atoms with Gasteiger partial charge in [-0.1, -0.05) is 13.3 Å². The molecular weight excluding hydrogens is 264 g/mol. The first-order valence-electron chi connectivity index (χ1n) is 8.91. The Morgan fingerprint density at radius 1 is 1.14 bits per heavy atom. The van der Waals surface area contributed by atoms with Crippen LogP contribution in [0.25, 0.3) is 0 Å². The summed E-state index contributed by atoms with van der Waals surface area (Å²) in [5.74, 6) is 0.512. The second-order valence-electron chi connectivity index (χ2n) is 7.26. The highest BCUT2D eigenvalue weighted by Gasteiger charge is 2.49. The summed E-state index contributed by atoms with van der Waals surface area (Å²) in [4.78, 5) is 16.7. The fourth-order valence-electron chi connectivity index (χ4n) is 5.05. The molecule has 0 aromatic heterocycles. The molecule has 1 aliphatic carbocycles. The van der Waals surface area contributed by atoms with E-state index in [2.05, 4.69) is 16.7 Å². The van der Waals surface area contributed by atoms with E-state index in [1.807, 2.05) is 0 Å². The molecule has 1 saturated carbocycles. The number of rotatable bonds is 4. The SMILES string of the molecule is CCCN1CCCC(N2CC3CCCC3C2C(=O)O)CC1. The Kier molecular flexibility index (Phi) is 4.85. The summed E-state index contributed by atoms with van der Waals surface area (Å²) in [6.07, 6.45) is 8.40. The third-order valence-corrected chi connectivity index (χ3v) is 5.98. The Hall–Kier alpha value is -0.610. The van der Waals surface area contributed by atoms with Crippen molar-refractivity contribution >= 4 is 5.97 Å². The summed E-state index contributed by atoms with van der Waals surface area (Å²) in [7, 11) is 0. The van der Waals surface area contributed by atoms with Crippen molar-refractivity contribution < 1.29 is 9.90 Å². The first-order chi connectivity index (χ1) is 10.2. The zero-order valence-corrected chi connectivity index (χ0v) is 13.3. The molecular formula is C17H30N2O2. The summed E-state index contributed by atoms with van der Waals surface area (Å²) < 4.78 is 0. The Morgan fingerprint density at radius 2 is 2.00 bits per heavy atom. The van der Waals surface area contributed by atoms with Crippen molar-refractivity contribution in [3.8, 4) is 0 Å². The van der Waals surface area contributed by atoms with Gasteiger partial charge in [-0.25, -0.2) is 0 Å². The van der Waals surface area contributed by atoms with Crippen molar-refractivity contribution in [2.45, 2.75) is 64.0 Å². The minimum atomic E-state index is -0.570. The Morgan fingerprint density at radius 3 is 2.76 bits per heavy atom. The lowest BCUT2D eigenvalue weighted by Crippen LogP contribution is -2.46. The molecule has 1 N–H and O–H groups in total. The maximum absolute atomic E-state index is 11.8. The molecule has 4 heteroatoms. The minimum Gasteiger partial charge on any atom is -0.480 e. The lowest BCUT2D eigenvalue weighted by Gasteiger charge is -2.32. The lowest BCUT2D eigenvalue weighted by atomic mass is 9.94. The number of carbonyl (C=O) groups is 1. The molecule has 2 saturated heterocycles. The molecule has 0 spiro atoms. The van der Waals surface area contributed by atoms with Crippen LogP contribution in [0.5, 0.6) is 0 Å². The quantitative estimate of drug-likeness (QED) is 0.865. The van der Waals surface area contributed by atoms with Crippen LogP contribution < -0.4 is 0 Å². The van der Waals surface area contributed by atoms with E-state index in [1.165, 1.54) is 45.2 Å². The van der Waals surface area contributed by atoms with Crippen LogP contribution in [0.15, 0.2) is 0 Å². The van der Waals surface area contributed by atoms with Crippen molar-refractivity contribution in [3.63, 3.8) is 0 Å². The van der Waals surface area contributed by atoms with E-state index in [1.54, 1.807) is 0 Å². The fourth-order valence-corrected chi connectivity index (χ4v) is 5.05. The maximum Gasteiger partial charge on any atom is 0.321 e. The van der Waals surface area contributed by atoms with Gasteiger partial charge in [0.2, 0.25) is 0 Å². The molecule has 3 fully saturated rings. The molecule has 3 aliphatic rings. The highest BCUT2D eigenvalue weighted by Crippen LogP contribution is 2.44. The standard InChI is InChI=1S/C17H30N2O2/c1-2-9-18-10-4-6-14(8-11-18)19-12-13-5-3-7-15(13)16(19)17(20)21/h13-16H,2-12H2,1H3,(H,20,21). The molecule has 3 rings (SSSR count). The van der Waals surface area contributed by atoms with Gasteiger partial charge in [0.15, 0.2) is 0 Å².